The topological polar surface area (TPSA) is 53.9 Å². The number of amides is 1. The zero-order valence-corrected chi connectivity index (χ0v) is 19.0. The summed E-state index contributed by atoms with van der Waals surface area (Å²) in [5, 5.41) is 4.11. The Hall–Kier alpha value is -2.60. The Labute approximate surface area is 180 Å². The number of fused-ring (bicyclic) bond motifs is 1. The Balaban J connectivity index is 1.66. The van der Waals surface area contributed by atoms with Crippen LogP contribution in [-0.4, -0.2) is 31.3 Å². The highest BCUT2D eigenvalue weighted by atomic mass is 79.9. The molecule has 0 bridgehead atoms. The predicted octanol–water partition coefficient (Wildman–Crippen LogP) is 4.92. The lowest BCUT2D eigenvalue weighted by Crippen LogP contribution is -2.42. The SMILES string of the molecule is CC1=CC(C)(C)N(C)c2cc(C)c(/C=N\NC(=O)COc3ccc(Br)cc3)cc21. The van der Waals surface area contributed by atoms with Gasteiger partial charge in [0.2, 0.25) is 0 Å². The van der Waals surface area contributed by atoms with Crippen LogP contribution >= 0.6 is 15.9 Å². The molecule has 0 aromatic heterocycles. The van der Waals surface area contributed by atoms with Gasteiger partial charge >= 0.3 is 0 Å². The molecule has 1 aliphatic heterocycles. The number of nitrogens with one attached hydrogen (secondary N) is 1. The van der Waals surface area contributed by atoms with Gasteiger partial charge in [-0.15, -0.1) is 0 Å². The highest BCUT2D eigenvalue weighted by Crippen LogP contribution is 2.38. The molecule has 29 heavy (non-hydrogen) atoms. The molecule has 0 aliphatic carbocycles. The van der Waals surface area contributed by atoms with E-state index in [1.54, 1.807) is 18.3 Å². The van der Waals surface area contributed by atoms with E-state index in [0.29, 0.717) is 5.75 Å². The van der Waals surface area contributed by atoms with Crippen molar-refractivity contribution in [2.24, 2.45) is 5.10 Å². The quantitative estimate of drug-likeness (QED) is 0.514. The molecule has 0 saturated carbocycles. The van der Waals surface area contributed by atoms with Crippen molar-refractivity contribution in [2.45, 2.75) is 33.2 Å². The van der Waals surface area contributed by atoms with Crippen molar-refractivity contribution in [3.05, 3.63) is 63.6 Å². The van der Waals surface area contributed by atoms with Gasteiger partial charge in [-0.1, -0.05) is 22.0 Å². The summed E-state index contributed by atoms with van der Waals surface area (Å²) >= 11 is 3.36. The molecule has 6 heteroatoms. The van der Waals surface area contributed by atoms with Gasteiger partial charge < -0.3 is 9.64 Å². The molecule has 5 nitrogen and oxygen atoms in total. The van der Waals surface area contributed by atoms with E-state index in [2.05, 4.69) is 84.3 Å². The number of hydrazone groups is 1. The van der Waals surface area contributed by atoms with Crippen molar-refractivity contribution in [2.75, 3.05) is 18.6 Å². The average Bonchev–Trinajstić information content (AvgIpc) is 2.66. The van der Waals surface area contributed by atoms with Crippen LogP contribution in [0.4, 0.5) is 5.69 Å². The maximum atomic E-state index is 12.0. The zero-order valence-electron chi connectivity index (χ0n) is 17.4. The highest BCUT2D eigenvalue weighted by molar-refractivity contribution is 9.10. The lowest BCUT2D eigenvalue weighted by atomic mass is 9.87. The van der Waals surface area contributed by atoms with Crippen LogP contribution in [0.2, 0.25) is 0 Å². The van der Waals surface area contributed by atoms with Crippen molar-refractivity contribution < 1.29 is 9.53 Å². The number of aryl methyl sites for hydroxylation is 1. The van der Waals surface area contributed by atoms with Gasteiger partial charge in [-0.2, -0.15) is 5.10 Å². The Morgan fingerprint density at radius 2 is 1.93 bits per heavy atom. The number of ether oxygens (including phenoxy) is 1. The molecule has 3 rings (SSSR count). The minimum Gasteiger partial charge on any atom is -0.484 e. The lowest BCUT2D eigenvalue weighted by Gasteiger charge is -2.41. The molecule has 0 saturated heterocycles. The van der Waals surface area contributed by atoms with E-state index in [9.17, 15) is 4.79 Å². The molecule has 0 atom stereocenters. The minimum atomic E-state index is -0.308. The van der Waals surface area contributed by atoms with Crippen molar-refractivity contribution in [1.82, 2.24) is 5.43 Å². The number of rotatable bonds is 5. The third-order valence-electron chi connectivity index (χ3n) is 5.18. The number of likely N-dealkylation sites (N-methyl/N-ethyl adjacent to an activating group) is 1. The van der Waals surface area contributed by atoms with E-state index >= 15 is 0 Å². The normalized spacial score (nSPS) is 15.1. The Bertz CT molecular complexity index is 978. The Kier molecular flexibility index (Phi) is 6.13. The summed E-state index contributed by atoms with van der Waals surface area (Å²) in [6, 6.07) is 11.6. The fourth-order valence-corrected chi connectivity index (χ4v) is 3.61. The van der Waals surface area contributed by atoms with Gasteiger partial charge in [-0.3, -0.25) is 4.79 Å². The number of carbonyl (C=O) groups is 1. The van der Waals surface area contributed by atoms with Gasteiger partial charge in [0.1, 0.15) is 5.75 Å². The molecule has 1 amide bonds. The summed E-state index contributed by atoms with van der Waals surface area (Å²) < 4.78 is 6.41. The van der Waals surface area contributed by atoms with E-state index in [1.165, 1.54) is 16.8 Å². The van der Waals surface area contributed by atoms with E-state index in [0.717, 1.165) is 15.6 Å². The van der Waals surface area contributed by atoms with Crippen molar-refractivity contribution in [1.29, 1.82) is 0 Å². The minimum absolute atomic E-state index is 0.0259. The summed E-state index contributed by atoms with van der Waals surface area (Å²) in [6.45, 7) is 8.50. The monoisotopic (exact) mass is 455 g/mol. The zero-order chi connectivity index (χ0) is 21.2. The second kappa shape index (κ2) is 8.41. The van der Waals surface area contributed by atoms with Crippen LogP contribution in [0.25, 0.3) is 5.57 Å². The molecule has 1 aliphatic rings. The first-order valence-electron chi connectivity index (χ1n) is 9.46. The maximum Gasteiger partial charge on any atom is 0.277 e. The second-order valence-electron chi connectivity index (χ2n) is 7.80. The number of nitrogens with zero attached hydrogens (tertiary/aromatic N) is 2. The summed E-state index contributed by atoms with van der Waals surface area (Å²) in [5.74, 6) is 0.324. The van der Waals surface area contributed by atoms with Gasteiger partial charge in [0.05, 0.1) is 11.8 Å². The molecule has 1 N–H and O–H groups in total. The average molecular weight is 456 g/mol. The first-order chi connectivity index (χ1) is 13.7. The summed E-state index contributed by atoms with van der Waals surface area (Å²) in [4.78, 5) is 14.3. The van der Waals surface area contributed by atoms with Crippen molar-refractivity contribution >= 4 is 39.3 Å². The molecule has 2 aromatic carbocycles. The van der Waals surface area contributed by atoms with Crippen LogP contribution in [0, 0.1) is 6.92 Å². The maximum absolute atomic E-state index is 12.0. The molecule has 0 spiro atoms. The number of halogens is 1. The van der Waals surface area contributed by atoms with Gasteiger partial charge in [0, 0.05) is 22.8 Å². The molecular weight excluding hydrogens is 430 g/mol. The lowest BCUT2D eigenvalue weighted by molar-refractivity contribution is -0.123. The smallest absolute Gasteiger partial charge is 0.277 e. The third kappa shape index (κ3) is 4.88. The highest BCUT2D eigenvalue weighted by Gasteiger charge is 2.28. The van der Waals surface area contributed by atoms with Gasteiger partial charge in [-0.25, -0.2) is 5.43 Å². The van der Waals surface area contributed by atoms with Crippen LogP contribution < -0.4 is 15.1 Å². The Morgan fingerprint density at radius 3 is 2.62 bits per heavy atom. The molecule has 152 valence electrons. The van der Waals surface area contributed by atoms with E-state index in [1.807, 2.05) is 12.1 Å². The number of hydrogen-bond donors (Lipinski definition) is 1. The van der Waals surface area contributed by atoms with E-state index in [-0.39, 0.29) is 18.1 Å². The second-order valence-corrected chi connectivity index (χ2v) is 8.72. The first kappa shape index (κ1) is 21.1. The van der Waals surface area contributed by atoms with Crippen LogP contribution in [0.3, 0.4) is 0 Å². The van der Waals surface area contributed by atoms with Gasteiger partial charge in [0.15, 0.2) is 6.61 Å². The van der Waals surface area contributed by atoms with E-state index in [4.69, 9.17) is 4.74 Å². The largest absolute Gasteiger partial charge is 0.484 e. The Morgan fingerprint density at radius 1 is 1.24 bits per heavy atom. The summed E-state index contributed by atoms with van der Waals surface area (Å²) in [6.07, 6.45) is 3.95. The number of allylic oxidation sites excluding steroid dienone is 1. The van der Waals surface area contributed by atoms with Gasteiger partial charge in [-0.05, 0) is 80.8 Å². The van der Waals surface area contributed by atoms with Crippen LogP contribution in [0.1, 0.15) is 37.5 Å². The molecule has 0 unspecified atom stereocenters. The van der Waals surface area contributed by atoms with Gasteiger partial charge in [0.25, 0.3) is 5.91 Å². The van der Waals surface area contributed by atoms with Crippen molar-refractivity contribution in [3.8, 4) is 5.75 Å². The standard InChI is InChI=1S/C23H26BrN3O2/c1-15-10-21-20(16(2)12-23(3,4)27(21)5)11-17(15)13-25-26-22(28)14-29-19-8-6-18(24)7-9-19/h6-13H,14H2,1-5H3,(H,26,28)/b25-13-. The van der Waals surface area contributed by atoms with E-state index < -0.39 is 0 Å². The first-order valence-corrected chi connectivity index (χ1v) is 10.3. The fourth-order valence-electron chi connectivity index (χ4n) is 3.34. The molecule has 0 fully saturated rings. The summed E-state index contributed by atoms with van der Waals surface area (Å²) in [5.41, 5.74) is 8.20. The molecule has 2 aromatic rings. The molecular formula is C23H26BrN3O2. The number of anilines is 1. The van der Waals surface area contributed by atoms with Crippen LogP contribution in [0.5, 0.6) is 5.75 Å². The molecule has 0 radical (unpaired) electrons. The number of carbonyl (C=O) groups excluding carboxylic acids is 1. The fraction of sp³-hybridized carbons (Fsp3) is 0.304. The summed E-state index contributed by atoms with van der Waals surface area (Å²) in [7, 11) is 2.11. The number of hydrogen-bond acceptors (Lipinski definition) is 4. The van der Waals surface area contributed by atoms with Crippen LogP contribution in [0.15, 0.2) is 52.0 Å². The third-order valence-corrected chi connectivity index (χ3v) is 5.71. The number of benzene rings is 2. The molecule has 1 heterocycles. The van der Waals surface area contributed by atoms with Crippen molar-refractivity contribution in [3.63, 3.8) is 0 Å². The van der Waals surface area contributed by atoms with Crippen LogP contribution in [-0.2, 0) is 4.79 Å². The predicted molar refractivity (Wildman–Crippen MR) is 123 cm³/mol.